The van der Waals surface area contributed by atoms with E-state index in [9.17, 15) is 0 Å². The van der Waals surface area contributed by atoms with Crippen molar-refractivity contribution in [2.75, 3.05) is 6.54 Å². The summed E-state index contributed by atoms with van der Waals surface area (Å²) in [4.78, 5) is 4.30. The fraction of sp³-hybridized carbons (Fsp3) is 0.118. The Morgan fingerprint density at radius 1 is 0.950 bits per heavy atom. The molecule has 0 aliphatic heterocycles. The van der Waals surface area contributed by atoms with Gasteiger partial charge in [0.15, 0.2) is 6.10 Å². The van der Waals surface area contributed by atoms with Crippen molar-refractivity contribution in [2.45, 2.75) is 6.10 Å². The lowest BCUT2D eigenvalue weighted by Crippen LogP contribution is -2.19. The quantitative estimate of drug-likeness (QED) is 0.786. The fourth-order valence-corrected chi connectivity index (χ4v) is 2.20. The second kappa shape index (κ2) is 5.72. The summed E-state index contributed by atoms with van der Waals surface area (Å²) in [5.41, 5.74) is 6.65. The van der Waals surface area contributed by atoms with Crippen LogP contribution in [0.5, 0.6) is 5.75 Å². The standard InChI is InChI=1S/C17H16N2O/c18-12-17(16-7-3-4-10-19-16)20-15-9-8-13-5-1-2-6-14(13)11-15/h1-11,17H,12,18H2. The molecule has 0 radical (unpaired) electrons. The van der Waals surface area contributed by atoms with Gasteiger partial charge in [0.1, 0.15) is 5.75 Å². The van der Waals surface area contributed by atoms with Crippen LogP contribution < -0.4 is 10.5 Å². The first-order valence-corrected chi connectivity index (χ1v) is 6.63. The number of rotatable bonds is 4. The van der Waals surface area contributed by atoms with Crippen molar-refractivity contribution >= 4 is 10.8 Å². The van der Waals surface area contributed by atoms with Crippen LogP contribution in [-0.4, -0.2) is 11.5 Å². The molecule has 0 saturated heterocycles. The first-order chi connectivity index (χ1) is 9.86. The van der Waals surface area contributed by atoms with E-state index in [1.807, 2.05) is 42.5 Å². The zero-order chi connectivity index (χ0) is 13.8. The Bertz CT molecular complexity index is 697. The maximum Gasteiger partial charge on any atom is 0.153 e. The van der Waals surface area contributed by atoms with E-state index in [1.165, 1.54) is 5.39 Å². The van der Waals surface area contributed by atoms with Gasteiger partial charge in [-0.2, -0.15) is 0 Å². The van der Waals surface area contributed by atoms with Crippen molar-refractivity contribution in [1.82, 2.24) is 4.98 Å². The third-order valence-electron chi connectivity index (χ3n) is 3.23. The molecule has 0 bridgehead atoms. The molecule has 0 spiro atoms. The molecule has 3 heteroatoms. The Labute approximate surface area is 118 Å². The zero-order valence-corrected chi connectivity index (χ0v) is 11.1. The summed E-state index contributed by atoms with van der Waals surface area (Å²) in [7, 11) is 0. The first kappa shape index (κ1) is 12.6. The van der Waals surface area contributed by atoms with Gasteiger partial charge in [-0.1, -0.05) is 36.4 Å². The topological polar surface area (TPSA) is 48.1 Å². The third-order valence-corrected chi connectivity index (χ3v) is 3.23. The highest BCUT2D eigenvalue weighted by Crippen LogP contribution is 2.24. The summed E-state index contributed by atoms with van der Waals surface area (Å²) in [5.74, 6) is 0.810. The maximum absolute atomic E-state index is 5.97. The number of hydrogen-bond acceptors (Lipinski definition) is 3. The van der Waals surface area contributed by atoms with Crippen molar-refractivity contribution in [3.05, 3.63) is 72.6 Å². The molecule has 0 aliphatic rings. The predicted octanol–water partition coefficient (Wildman–Crippen LogP) is 3.31. The second-order valence-electron chi connectivity index (χ2n) is 4.61. The molecule has 0 amide bonds. The Morgan fingerprint density at radius 2 is 1.75 bits per heavy atom. The minimum absolute atomic E-state index is 0.225. The van der Waals surface area contributed by atoms with Crippen LogP contribution in [0.2, 0.25) is 0 Å². The molecule has 0 fully saturated rings. The molecule has 1 aromatic heterocycles. The summed E-state index contributed by atoms with van der Waals surface area (Å²) in [5, 5.41) is 2.35. The summed E-state index contributed by atoms with van der Waals surface area (Å²) < 4.78 is 5.97. The van der Waals surface area contributed by atoms with Crippen LogP contribution in [0.15, 0.2) is 66.9 Å². The van der Waals surface area contributed by atoms with Crippen LogP contribution >= 0.6 is 0 Å². The molecule has 3 rings (SSSR count). The molecule has 3 nitrogen and oxygen atoms in total. The molecule has 100 valence electrons. The molecule has 2 aromatic carbocycles. The monoisotopic (exact) mass is 264 g/mol. The Balaban J connectivity index is 1.87. The number of ether oxygens (including phenoxy) is 1. The predicted molar refractivity (Wildman–Crippen MR) is 80.6 cm³/mol. The van der Waals surface area contributed by atoms with Gasteiger partial charge in [-0.3, -0.25) is 4.98 Å². The molecular formula is C17H16N2O. The van der Waals surface area contributed by atoms with Gasteiger partial charge in [-0.25, -0.2) is 0 Å². The van der Waals surface area contributed by atoms with Crippen LogP contribution in [0.25, 0.3) is 10.8 Å². The number of hydrogen-bond donors (Lipinski definition) is 1. The molecule has 1 heterocycles. The second-order valence-corrected chi connectivity index (χ2v) is 4.61. The molecule has 3 aromatic rings. The van der Waals surface area contributed by atoms with Crippen LogP contribution in [0.3, 0.4) is 0 Å². The van der Waals surface area contributed by atoms with Crippen molar-refractivity contribution in [3.63, 3.8) is 0 Å². The number of nitrogens with zero attached hydrogens (tertiary/aromatic N) is 1. The van der Waals surface area contributed by atoms with Gasteiger partial charge < -0.3 is 10.5 Å². The Hall–Kier alpha value is -2.39. The van der Waals surface area contributed by atoms with Crippen LogP contribution in [0, 0.1) is 0 Å². The lowest BCUT2D eigenvalue weighted by atomic mass is 10.1. The lowest BCUT2D eigenvalue weighted by molar-refractivity contribution is 0.209. The van der Waals surface area contributed by atoms with E-state index in [4.69, 9.17) is 10.5 Å². The number of pyridine rings is 1. The average molecular weight is 264 g/mol. The normalized spacial score (nSPS) is 12.2. The molecular weight excluding hydrogens is 248 g/mol. The van der Waals surface area contributed by atoms with E-state index in [0.717, 1.165) is 16.8 Å². The smallest absolute Gasteiger partial charge is 0.153 e. The van der Waals surface area contributed by atoms with Gasteiger partial charge in [0.2, 0.25) is 0 Å². The molecule has 1 atom stereocenters. The van der Waals surface area contributed by atoms with Gasteiger partial charge >= 0.3 is 0 Å². The number of benzene rings is 2. The van der Waals surface area contributed by atoms with E-state index in [0.29, 0.717) is 6.54 Å². The summed E-state index contributed by atoms with van der Waals surface area (Å²) >= 11 is 0. The van der Waals surface area contributed by atoms with E-state index < -0.39 is 0 Å². The van der Waals surface area contributed by atoms with Gasteiger partial charge in [-0.15, -0.1) is 0 Å². The van der Waals surface area contributed by atoms with Gasteiger partial charge in [-0.05, 0) is 35.0 Å². The van der Waals surface area contributed by atoms with Crippen LogP contribution in [-0.2, 0) is 0 Å². The van der Waals surface area contributed by atoms with E-state index in [2.05, 4.69) is 23.2 Å². The average Bonchev–Trinajstić information content (AvgIpc) is 2.53. The van der Waals surface area contributed by atoms with Gasteiger partial charge in [0, 0.05) is 12.7 Å². The first-order valence-electron chi connectivity index (χ1n) is 6.63. The molecule has 20 heavy (non-hydrogen) atoms. The van der Waals surface area contributed by atoms with Crippen molar-refractivity contribution in [3.8, 4) is 5.75 Å². The lowest BCUT2D eigenvalue weighted by Gasteiger charge is -2.17. The zero-order valence-electron chi connectivity index (χ0n) is 11.1. The van der Waals surface area contributed by atoms with E-state index in [-0.39, 0.29) is 6.10 Å². The Kier molecular flexibility index (Phi) is 3.61. The summed E-state index contributed by atoms with van der Waals surface area (Å²) in [6, 6.07) is 20.0. The SMILES string of the molecule is NCC(Oc1ccc2ccccc2c1)c1ccccn1. The third kappa shape index (κ3) is 2.63. The molecule has 0 aliphatic carbocycles. The molecule has 0 saturated carbocycles. The van der Waals surface area contributed by atoms with Gasteiger partial charge in [0.25, 0.3) is 0 Å². The minimum atomic E-state index is -0.225. The summed E-state index contributed by atoms with van der Waals surface area (Å²) in [6.07, 6.45) is 1.53. The highest BCUT2D eigenvalue weighted by atomic mass is 16.5. The Morgan fingerprint density at radius 3 is 2.50 bits per heavy atom. The highest BCUT2D eigenvalue weighted by Gasteiger charge is 2.12. The molecule has 2 N–H and O–H groups in total. The molecule has 1 unspecified atom stereocenters. The highest BCUT2D eigenvalue weighted by molar-refractivity contribution is 5.83. The number of nitrogens with two attached hydrogens (primary N) is 1. The number of fused-ring (bicyclic) bond motifs is 1. The van der Waals surface area contributed by atoms with Crippen molar-refractivity contribution in [1.29, 1.82) is 0 Å². The fourth-order valence-electron chi connectivity index (χ4n) is 2.20. The minimum Gasteiger partial charge on any atom is -0.483 e. The maximum atomic E-state index is 5.97. The van der Waals surface area contributed by atoms with Gasteiger partial charge in [0.05, 0.1) is 5.69 Å². The largest absolute Gasteiger partial charge is 0.483 e. The van der Waals surface area contributed by atoms with E-state index in [1.54, 1.807) is 6.20 Å². The van der Waals surface area contributed by atoms with E-state index >= 15 is 0 Å². The number of aromatic nitrogens is 1. The van der Waals surface area contributed by atoms with Crippen LogP contribution in [0.1, 0.15) is 11.8 Å². The summed E-state index contributed by atoms with van der Waals surface area (Å²) in [6.45, 7) is 0.393. The van der Waals surface area contributed by atoms with Crippen LogP contribution in [0.4, 0.5) is 0 Å². The van der Waals surface area contributed by atoms with Crippen molar-refractivity contribution in [2.24, 2.45) is 5.73 Å². The van der Waals surface area contributed by atoms with Crippen molar-refractivity contribution < 1.29 is 4.74 Å².